The standard InChI is InChI=1S/C16H18O10S3/c1-3-23-28(19,20)25-13-5-9-15(10-6-13)27(17,18)16-11-7-14(8-12-16)26-29(21,22)24-4-2/h5-12H,3-4H2,1-2H3. The van der Waals surface area contributed by atoms with Crippen molar-refractivity contribution in [3.63, 3.8) is 0 Å². The van der Waals surface area contributed by atoms with E-state index < -0.39 is 30.6 Å². The zero-order valence-electron chi connectivity index (χ0n) is 15.3. The molecule has 0 radical (unpaired) electrons. The highest BCUT2D eigenvalue weighted by molar-refractivity contribution is 7.91. The van der Waals surface area contributed by atoms with Gasteiger partial charge in [0.15, 0.2) is 0 Å². The minimum Gasteiger partial charge on any atom is -0.362 e. The van der Waals surface area contributed by atoms with E-state index in [1.807, 2.05) is 0 Å². The SMILES string of the molecule is CCOS(=O)(=O)Oc1ccc(S(=O)(=O)c2ccc(OS(=O)(=O)OCC)cc2)cc1. The van der Waals surface area contributed by atoms with E-state index in [1.165, 1.54) is 13.8 Å². The van der Waals surface area contributed by atoms with Gasteiger partial charge in [-0.15, -0.1) is 0 Å². The summed E-state index contributed by atoms with van der Waals surface area (Å²) in [5.74, 6) is -0.246. The lowest BCUT2D eigenvalue weighted by molar-refractivity contribution is 0.286. The van der Waals surface area contributed by atoms with Gasteiger partial charge in [0.05, 0.1) is 23.0 Å². The Hall–Kier alpha value is -2.19. The lowest BCUT2D eigenvalue weighted by Gasteiger charge is -2.09. The minimum absolute atomic E-state index is 0.111. The molecule has 0 N–H and O–H groups in total. The van der Waals surface area contributed by atoms with Crippen LogP contribution in [0.3, 0.4) is 0 Å². The second-order valence-corrected chi connectivity index (χ2v) is 9.63. The van der Waals surface area contributed by atoms with Crippen LogP contribution in [0.25, 0.3) is 0 Å². The highest BCUT2D eigenvalue weighted by Gasteiger charge is 2.20. The normalized spacial score (nSPS) is 12.5. The fraction of sp³-hybridized carbons (Fsp3) is 0.250. The fourth-order valence-electron chi connectivity index (χ4n) is 2.06. The molecule has 0 saturated carbocycles. The topological polar surface area (TPSA) is 139 Å². The molecular formula is C16H18O10S3. The van der Waals surface area contributed by atoms with Gasteiger partial charge in [0.1, 0.15) is 11.5 Å². The van der Waals surface area contributed by atoms with Crippen LogP contribution in [0.5, 0.6) is 11.5 Å². The van der Waals surface area contributed by atoms with E-state index in [9.17, 15) is 25.3 Å². The van der Waals surface area contributed by atoms with Crippen molar-refractivity contribution in [2.75, 3.05) is 13.2 Å². The average molecular weight is 467 g/mol. The van der Waals surface area contributed by atoms with Gasteiger partial charge in [-0.2, -0.15) is 16.8 Å². The lowest BCUT2D eigenvalue weighted by atomic mass is 10.3. The van der Waals surface area contributed by atoms with Crippen molar-refractivity contribution in [1.29, 1.82) is 0 Å². The maximum atomic E-state index is 12.7. The molecule has 0 aliphatic rings. The predicted molar refractivity (Wildman–Crippen MR) is 101 cm³/mol. The summed E-state index contributed by atoms with van der Waals surface area (Å²) in [6.45, 7) is 2.72. The van der Waals surface area contributed by atoms with Gasteiger partial charge in [-0.1, -0.05) is 0 Å². The monoisotopic (exact) mass is 466 g/mol. The smallest absolute Gasteiger partial charge is 0.362 e. The molecule has 0 fully saturated rings. The largest absolute Gasteiger partial charge is 0.449 e. The molecule has 13 heteroatoms. The van der Waals surface area contributed by atoms with Gasteiger partial charge in [0, 0.05) is 0 Å². The molecule has 2 rings (SSSR count). The first-order chi connectivity index (χ1) is 13.5. The van der Waals surface area contributed by atoms with Crippen LogP contribution in [0.4, 0.5) is 0 Å². The quantitative estimate of drug-likeness (QED) is 0.509. The Balaban J connectivity index is 2.20. The van der Waals surface area contributed by atoms with Crippen molar-refractivity contribution in [1.82, 2.24) is 0 Å². The third-order valence-corrected chi connectivity index (χ3v) is 6.82. The van der Waals surface area contributed by atoms with E-state index in [1.54, 1.807) is 0 Å². The van der Waals surface area contributed by atoms with Crippen LogP contribution in [0.1, 0.15) is 13.8 Å². The van der Waals surface area contributed by atoms with Gasteiger partial charge >= 0.3 is 20.8 Å². The minimum atomic E-state index is -4.23. The van der Waals surface area contributed by atoms with Crippen molar-refractivity contribution >= 4 is 30.6 Å². The molecule has 0 aromatic heterocycles. The first-order valence-electron chi connectivity index (χ1n) is 8.12. The summed E-state index contributed by atoms with van der Waals surface area (Å²) in [5.41, 5.74) is 0. The lowest BCUT2D eigenvalue weighted by Crippen LogP contribution is -2.13. The van der Waals surface area contributed by atoms with E-state index in [2.05, 4.69) is 16.7 Å². The summed E-state index contributed by atoms with van der Waals surface area (Å²) in [6.07, 6.45) is 0. The van der Waals surface area contributed by atoms with E-state index >= 15 is 0 Å². The number of benzene rings is 2. The molecule has 0 aliphatic carbocycles. The van der Waals surface area contributed by atoms with Crippen LogP contribution in [0, 0.1) is 0 Å². The molecule has 0 saturated heterocycles. The Morgan fingerprint density at radius 1 is 0.586 bits per heavy atom. The second kappa shape index (κ2) is 9.09. The summed E-state index contributed by atoms with van der Waals surface area (Å²) in [4.78, 5) is -0.261. The van der Waals surface area contributed by atoms with Gasteiger partial charge < -0.3 is 8.37 Å². The summed E-state index contributed by atoms with van der Waals surface area (Å²) in [7, 11) is -12.4. The van der Waals surface area contributed by atoms with Crippen molar-refractivity contribution < 1.29 is 42.0 Å². The second-order valence-electron chi connectivity index (χ2n) is 5.24. The van der Waals surface area contributed by atoms with E-state index in [0.717, 1.165) is 48.5 Å². The first kappa shape index (κ1) is 23.1. The van der Waals surface area contributed by atoms with Crippen LogP contribution in [0.2, 0.25) is 0 Å². The Bertz CT molecular complexity index is 1050. The molecule has 29 heavy (non-hydrogen) atoms. The van der Waals surface area contributed by atoms with Crippen molar-refractivity contribution in [3.05, 3.63) is 48.5 Å². The van der Waals surface area contributed by atoms with Crippen molar-refractivity contribution in [3.8, 4) is 11.5 Å². The zero-order chi connectivity index (χ0) is 21.7. The highest BCUT2D eigenvalue weighted by atomic mass is 32.3. The Labute approximate surface area is 169 Å². The molecule has 10 nitrogen and oxygen atoms in total. The van der Waals surface area contributed by atoms with E-state index in [0.29, 0.717) is 0 Å². The van der Waals surface area contributed by atoms with Crippen molar-refractivity contribution in [2.45, 2.75) is 23.6 Å². The molecule has 0 unspecified atom stereocenters. The van der Waals surface area contributed by atoms with Crippen LogP contribution < -0.4 is 8.37 Å². The summed E-state index contributed by atoms with van der Waals surface area (Å²) in [5, 5.41) is 0. The predicted octanol–water partition coefficient (Wildman–Crippen LogP) is 1.84. The Kier molecular flexibility index (Phi) is 7.24. The van der Waals surface area contributed by atoms with E-state index in [-0.39, 0.29) is 34.5 Å². The highest BCUT2D eigenvalue weighted by Crippen LogP contribution is 2.26. The van der Waals surface area contributed by atoms with Crippen LogP contribution in [-0.4, -0.2) is 38.5 Å². The average Bonchev–Trinajstić information content (AvgIpc) is 2.61. The van der Waals surface area contributed by atoms with Crippen LogP contribution in [-0.2, 0) is 39.0 Å². The Morgan fingerprint density at radius 3 is 1.17 bits per heavy atom. The molecule has 0 spiro atoms. The maximum Gasteiger partial charge on any atom is 0.449 e. The number of sulfone groups is 1. The molecule has 0 aliphatic heterocycles. The molecule has 0 bridgehead atoms. The molecule has 0 amide bonds. The molecule has 2 aromatic carbocycles. The third kappa shape index (κ3) is 6.40. The Morgan fingerprint density at radius 2 is 0.897 bits per heavy atom. The van der Waals surface area contributed by atoms with Gasteiger partial charge in [0.2, 0.25) is 9.84 Å². The van der Waals surface area contributed by atoms with Crippen LogP contribution in [0.15, 0.2) is 58.3 Å². The maximum absolute atomic E-state index is 12.7. The number of hydrogen-bond donors (Lipinski definition) is 0. The fourth-order valence-corrected chi connectivity index (χ4v) is 4.69. The third-order valence-electron chi connectivity index (χ3n) is 3.19. The molecular weight excluding hydrogens is 448 g/mol. The van der Waals surface area contributed by atoms with Gasteiger partial charge in [-0.3, -0.25) is 0 Å². The molecule has 0 atom stereocenters. The van der Waals surface area contributed by atoms with Gasteiger partial charge in [0.25, 0.3) is 0 Å². The molecule has 2 aromatic rings. The van der Waals surface area contributed by atoms with Crippen LogP contribution >= 0.6 is 0 Å². The first-order valence-corrected chi connectivity index (χ1v) is 12.3. The van der Waals surface area contributed by atoms with E-state index in [4.69, 9.17) is 0 Å². The van der Waals surface area contributed by atoms with Gasteiger partial charge in [-0.05, 0) is 62.4 Å². The number of rotatable bonds is 10. The summed E-state index contributed by atoms with van der Waals surface area (Å²) >= 11 is 0. The molecule has 0 heterocycles. The summed E-state index contributed by atoms with van der Waals surface area (Å²) < 4.78 is 89.3. The summed E-state index contributed by atoms with van der Waals surface area (Å²) in [6, 6.07) is 9.30. The zero-order valence-corrected chi connectivity index (χ0v) is 17.8. The van der Waals surface area contributed by atoms with Crippen molar-refractivity contribution in [2.24, 2.45) is 0 Å². The number of hydrogen-bond acceptors (Lipinski definition) is 10. The van der Waals surface area contributed by atoms with Gasteiger partial charge in [-0.25, -0.2) is 16.8 Å². The molecule has 160 valence electrons.